The minimum atomic E-state index is -2.52. The number of carboxylic acid groups (broad SMARTS) is 5. The minimum Gasteiger partial charge on any atom is -0.481 e. The molecule has 0 fully saturated rings. The second-order valence-corrected chi connectivity index (χ2v) is 16.4. The van der Waals surface area contributed by atoms with Crippen LogP contribution in [0.5, 0.6) is 0 Å². The summed E-state index contributed by atoms with van der Waals surface area (Å²) in [5.74, 6) is -14.8. The van der Waals surface area contributed by atoms with Crippen LogP contribution in [0.2, 0.25) is 0 Å². The van der Waals surface area contributed by atoms with E-state index >= 15 is 0 Å². The number of aromatic nitrogens is 4. The van der Waals surface area contributed by atoms with Gasteiger partial charge in [-0.1, -0.05) is 0 Å². The number of anilines is 2. The second-order valence-electron chi connectivity index (χ2n) is 16.0. The average molecular weight is 1060 g/mol. The van der Waals surface area contributed by atoms with Crippen molar-refractivity contribution >= 4 is 107 Å². The topological polar surface area (TPSA) is 535 Å². The number of benzene rings is 1. The van der Waals surface area contributed by atoms with E-state index in [0.717, 1.165) is 0 Å². The highest BCUT2D eigenvalue weighted by molar-refractivity contribution is 7.80. The Labute approximate surface area is 421 Å². The summed E-state index contributed by atoms with van der Waals surface area (Å²) in [7, 11) is 0. The second kappa shape index (κ2) is 28.1. The first kappa shape index (κ1) is 59.3. The lowest BCUT2D eigenvalue weighted by Crippen LogP contribution is -2.64. The van der Waals surface area contributed by atoms with E-state index in [-0.39, 0.29) is 54.4 Å². The lowest BCUT2D eigenvalue weighted by Gasteiger charge is -2.32. The fourth-order valence-corrected chi connectivity index (χ4v) is 6.77. The summed E-state index contributed by atoms with van der Waals surface area (Å²) in [6, 6.07) is -3.22. The van der Waals surface area contributed by atoms with Gasteiger partial charge >= 0.3 is 29.8 Å². The molecule has 0 radical (unpaired) electrons. The third-order valence-electron chi connectivity index (χ3n) is 10.2. The van der Waals surface area contributed by atoms with Crippen molar-refractivity contribution in [1.29, 1.82) is 0 Å². The first-order valence-corrected chi connectivity index (χ1v) is 22.3. The number of amides is 5. The third-order valence-corrected chi connectivity index (χ3v) is 10.6. The van der Waals surface area contributed by atoms with Crippen LogP contribution < -0.4 is 60.0 Å². The molecule has 2 aromatic heterocycles. The molecule has 1 aromatic carbocycles. The largest absolute Gasteiger partial charge is 0.481 e. The number of thiol groups is 1. The van der Waals surface area contributed by atoms with Crippen LogP contribution in [-0.2, 0) is 54.5 Å². The lowest BCUT2D eigenvalue weighted by atomic mass is 9.94. The van der Waals surface area contributed by atoms with Gasteiger partial charge in [0, 0.05) is 36.5 Å². The maximum atomic E-state index is 13.9. The molecule has 2 heterocycles. The number of carbonyl (C=O) groups excluding carboxylic acids is 6. The van der Waals surface area contributed by atoms with Gasteiger partial charge < -0.3 is 84.7 Å². The molecule has 0 aliphatic carbocycles. The summed E-state index contributed by atoms with van der Waals surface area (Å²) in [6.07, 6.45) is -3.87. The summed E-state index contributed by atoms with van der Waals surface area (Å²) < 4.78 is 0. The lowest BCUT2D eigenvalue weighted by molar-refractivity contribution is -0.144. The van der Waals surface area contributed by atoms with E-state index in [1.165, 1.54) is 30.5 Å². The predicted molar refractivity (Wildman–Crippen MR) is 257 cm³/mol. The highest BCUT2D eigenvalue weighted by Gasteiger charge is 2.39. The van der Waals surface area contributed by atoms with E-state index in [4.69, 9.17) is 17.2 Å². The Morgan fingerprint density at radius 2 is 1.39 bits per heavy atom. The summed E-state index contributed by atoms with van der Waals surface area (Å²) in [5.41, 5.74) is 14.0. The van der Waals surface area contributed by atoms with Gasteiger partial charge in [-0.05, 0) is 43.5 Å². The predicted octanol–water partition coefficient (Wildman–Crippen LogP) is -5.17. The molecule has 0 aliphatic rings. The van der Waals surface area contributed by atoms with Crippen LogP contribution in [0, 0.1) is 0 Å². The van der Waals surface area contributed by atoms with Gasteiger partial charge in [-0.25, -0.2) is 19.6 Å². The monoisotopic (exact) mass is 1060 g/mol. The zero-order chi connectivity index (χ0) is 55.3. The Kier molecular flexibility index (Phi) is 22.5. The normalized spacial score (nSPS) is 13.7. The van der Waals surface area contributed by atoms with Crippen molar-refractivity contribution in [1.82, 2.24) is 51.8 Å². The highest BCUT2D eigenvalue weighted by atomic mass is 32.1. The molecule has 0 aliphatic heterocycles. The Hall–Kier alpha value is -9.01. The summed E-state index contributed by atoms with van der Waals surface area (Å²) in [4.78, 5) is 169. The van der Waals surface area contributed by atoms with Gasteiger partial charge in [0.1, 0.15) is 36.0 Å². The van der Waals surface area contributed by atoms with Crippen LogP contribution in [0.15, 0.2) is 40.2 Å². The van der Waals surface area contributed by atoms with Crippen LogP contribution in [0.1, 0.15) is 61.0 Å². The third kappa shape index (κ3) is 19.3. The van der Waals surface area contributed by atoms with Crippen molar-refractivity contribution in [3.05, 3.63) is 52.1 Å². The number of hydrogen-bond acceptors (Lipinski definition) is 20. The molecule has 6 unspecified atom stereocenters. The molecular formula is C41H53N15O17S. The molecule has 0 spiro atoms. The van der Waals surface area contributed by atoms with E-state index in [2.05, 4.69) is 69.5 Å². The number of aliphatic carboxylic acids is 5. The first-order chi connectivity index (χ1) is 34.8. The van der Waals surface area contributed by atoms with Crippen LogP contribution >= 0.6 is 12.6 Å². The SMILES string of the molecule is NC(N)=NCCCC(NC(=O)C(CC(=O)O)NC(=O)CCC(NC(=O)c1ccc(NCc2cnc3nc(N)[nH]c(=O)c3n2)cc1)C(=O)O)C(=O)NC(C=O)(CNC(CC(=O)O)C(=O)NC(CS)C(=O)O)CC(=O)O. The van der Waals surface area contributed by atoms with Gasteiger partial charge in [0.2, 0.25) is 29.6 Å². The molecule has 0 bridgehead atoms. The number of aldehydes is 1. The van der Waals surface area contributed by atoms with E-state index in [0.29, 0.717) is 11.4 Å². The Morgan fingerprint density at radius 3 is 1.97 bits per heavy atom. The number of guanidine groups is 1. The summed E-state index contributed by atoms with van der Waals surface area (Å²) in [6.45, 7) is -1.06. The van der Waals surface area contributed by atoms with Crippen molar-refractivity contribution in [3.63, 3.8) is 0 Å². The average Bonchev–Trinajstić information content (AvgIpc) is 3.32. The number of aromatic amines is 1. The molecule has 74 heavy (non-hydrogen) atoms. The van der Waals surface area contributed by atoms with Gasteiger partial charge in [0.05, 0.1) is 43.7 Å². The van der Waals surface area contributed by atoms with Crippen LogP contribution in [0.3, 0.4) is 0 Å². The van der Waals surface area contributed by atoms with Gasteiger partial charge in [-0.3, -0.25) is 53.1 Å². The smallest absolute Gasteiger partial charge is 0.327 e. The molecule has 33 heteroatoms. The number of nitrogens with two attached hydrogens (primary N) is 3. The number of carboxylic acids is 5. The van der Waals surface area contributed by atoms with Gasteiger partial charge in [-0.2, -0.15) is 17.6 Å². The fourth-order valence-electron chi connectivity index (χ4n) is 6.52. The minimum absolute atomic E-state index is 0.00277. The number of rotatable bonds is 32. The number of nitrogens with zero attached hydrogens (tertiary/aromatic N) is 4. The fraction of sp³-hybridized carbons (Fsp3) is 0.415. The van der Waals surface area contributed by atoms with Crippen molar-refractivity contribution in [2.75, 3.05) is 29.9 Å². The van der Waals surface area contributed by atoms with Crippen LogP contribution in [-0.4, -0.2) is 172 Å². The Bertz CT molecular complexity index is 2690. The molecule has 19 N–H and O–H groups in total. The molecule has 5 amide bonds. The van der Waals surface area contributed by atoms with E-state index < -0.39 is 152 Å². The van der Waals surface area contributed by atoms with Gasteiger partial charge in [0.25, 0.3) is 11.5 Å². The molecular weight excluding hydrogens is 1010 g/mol. The molecule has 3 rings (SSSR count). The van der Waals surface area contributed by atoms with E-state index in [9.17, 15) is 83.1 Å². The number of nitrogen functional groups attached to an aromatic ring is 1. The quantitative estimate of drug-likeness (QED) is 0.00914. The van der Waals surface area contributed by atoms with Crippen LogP contribution in [0.25, 0.3) is 11.2 Å². The number of aliphatic imine (C=N–C) groups is 1. The molecule has 32 nitrogen and oxygen atoms in total. The van der Waals surface area contributed by atoms with Crippen molar-refractivity contribution in [3.8, 4) is 0 Å². The Morgan fingerprint density at radius 1 is 0.770 bits per heavy atom. The number of H-pyrrole nitrogens is 1. The van der Waals surface area contributed by atoms with Crippen LogP contribution in [0.4, 0.5) is 11.6 Å². The zero-order valence-corrected chi connectivity index (χ0v) is 39.6. The van der Waals surface area contributed by atoms with Crippen molar-refractivity contribution in [2.24, 2.45) is 16.5 Å². The maximum absolute atomic E-state index is 13.9. The standard InChI is InChI=1S/C41H53N15O17S/c42-39(43)45-9-1-2-21(35(68)56-41(17-57,12-29(63)64)16-48-23(10-27(59)60)33(66)53-25(15-74)38(72)73)51-34(67)24(11-28(61)62)50-26(58)8-7-22(37(70)71)52-32(65)18-3-5-19(6-4-18)46-13-20-14-47-31-30(49-20)36(69)55-40(44)54-31/h3-6,14,17,21-25,46,48,74H,1-2,7-13,15-16H2,(H,50,58)(H,51,67)(H,52,65)(H,53,66)(H,56,68)(H,59,60)(H,61,62)(H,63,64)(H,70,71)(H,72,73)(H4,42,43,45)(H3,44,47,54,55,69). The first-order valence-electron chi connectivity index (χ1n) is 21.7. The molecule has 6 atom stereocenters. The Balaban J connectivity index is 1.73. The summed E-state index contributed by atoms with van der Waals surface area (Å²) >= 11 is 3.82. The van der Waals surface area contributed by atoms with Gasteiger partial charge in [-0.15, -0.1) is 0 Å². The molecule has 3 aromatic rings. The van der Waals surface area contributed by atoms with E-state index in [1.54, 1.807) is 0 Å². The van der Waals surface area contributed by atoms with E-state index in [1.807, 2.05) is 5.32 Å². The van der Waals surface area contributed by atoms with Crippen molar-refractivity contribution in [2.45, 2.75) is 87.2 Å². The number of carbonyl (C=O) groups is 11. The number of hydrogen-bond donors (Lipinski definition) is 17. The van der Waals surface area contributed by atoms with Crippen molar-refractivity contribution < 1.29 is 78.3 Å². The molecule has 400 valence electrons. The zero-order valence-electron chi connectivity index (χ0n) is 38.7. The molecule has 0 saturated heterocycles. The highest BCUT2D eigenvalue weighted by Crippen LogP contribution is 2.14. The van der Waals surface area contributed by atoms with Gasteiger partial charge in [0.15, 0.2) is 17.1 Å². The maximum Gasteiger partial charge on any atom is 0.327 e. The summed E-state index contributed by atoms with van der Waals surface area (Å²) in [5, 5.41) is 64.1. The molecule has 0 saturated carbocycles. The number of nitrogens with one attached hydrogen (secondary N) is 8. The number of fused-ring (bicyclic) bond motifs is 1.